The van der Waals surface area contributed by atoms with Gasteiger partial charge < -0.3 is 10.4 Å². The van der Waals surface area contributed by atoms with Gasteiger partial charge in [0, 0.05) is 48.9 Å². The first kappa shape index (κ1) is 23.9. The number of carbonyl (C=O) groups is 2. The van der Waals surface area contributed by atoms with Crippen molar-refractivity contribution in [1.29, 1.82) is 0 Å². The summed E-state index contributed by atoms with van der Waals surface area (Å²) in [5.41, 5.74) is 2.14. The molecule has 2 N–H and O–H groups in total. The molecule has 0 aromatic carbocycles. The van der Waals surface area contributed by atoms with Crippen LogP contribution >= 0.6 is 11.3 Å². The molecule has 0 bridgehead atoms. The monoisotopic (exact) mass is 433 g/mol. The number of rotatable bonds is 7. The van der Waals surface area contributed by atoms with Crippen molar-refractivity contribution in [1.82, 2.24) is 25.2 Å². The zero-order valence-corrected chi connectivity index (χ0v) is 18.7. The van der Waals surface area contributed by atoms with Crippen LogP contribution in [0.2, 0.25) is 0 Å². The van der Waals surface area contributed by atoms with Crippen molar-refractivity contribution >= 4 is 23.7 Å². The molecule has 0 radical (unpaired) electrons. The summed E-state index contributed by atoms with van der Waals surface area (Å²) >= 11 is 1.62. The molecule has 30 heavy (non-hydrogen) atoms. The van der Waals surface area contributed by atoms with E-state index in [1.54, 1.807) is 11.3 Å². The standard InChI is InChI=1S/C20H29N5OS.CH2O2/c1-4-19-21-10-17(11-22-19)13-25-7-5-6-16(12-25)9-23-20(26)8-18-14(2)24-15(3)27-18;2-1-3/h10-11,16H,4-9,12-13H2,1-3H3,(H,23,26);1H,(H,2,3). The van der Waals surface area contributed by atoms with E-state index in [9.17, 15) is 4.79 Å². The number of carbonyl (C=O) groups excluding carboxylic acids is 1. The summed E-state index contributed by atoms with van der Waals surface area (Å²) in [5, 5.41) is 11.0. The molecular formula is C21H31N5O3S. The van der Waals surface area contributed by atoms with Gasteiger partial charge in [-0.15, -0.1) is 11.3 Å². The van der Waals surface area contributed by atoms with Crippen LogP contribution in [0.4, 0.5) is 0 Å². The van der Waals surface area contributed by atoms with Gasteiger partial charge in [0.2, 0.25) is 5.91 Å². The minimum atomic E-state index is -0.250. The van der Waals surface area contributed by atoms with Gasteiger partial charge in [0.25, 0.3) is 6.47 Å². The van der Waals surface area contributed by atoms with Crippen LogP contribution in [0.3, 0.4) is 0 Å². The quantitative estimate of drug-likeness (QED) is 0.645. The zero-order chi connectivity index (χ0) is 21.9. The first-order valence-corrected chi connectivity index (χ1v) is 11.1. The van der Waals surface area contributed by atoms with Crippen molar-refractivity contribution in [3.05, 3.63) is 39.4 Å². The fraction of sp³-hybridized carbons (Fsp3) is 0.571. The third-order valence-corrected chi connectivity index (χ3v) is 6.07. The summed E-state index contributed by atoms with van der Waals surface area (Å²) in [6.45, 7) is 9.51. The van der Waals surface area contributed by atoms with Crippen LogP contribution in [0, 0.1) is 19.8 Å². The smallest absolute Gasteiger partial charge is 0.290 e. The number of aryl methyl sites for hydroxylation is 3. The molecule has 1 fully saturated rings. The fourth-order valence-electron chi connectivity index (χ4n) is 3.57. The third kappa shape index (κ3) is 7.79. The summed E-state index contributed by atoms with van der Waals surface area (Å²) < 4.78 is 0. The average molecular weight is 434 g/mol. The zero-order valence-electron chi connectivity index (χ0n) is 17.9. The minimum absolute atomic E-state index is 0.0995. The lowest BCUT2D eigenvalue weighted by Crippen LogP contribution is -2.40. The lowest BCUT2D eigenvalue weighted by atomic mass is 9.97. The first-order valence-electron chi connectivity index (χ1n) is 10.2. The molecule has 3 rings (SSSR count). The SMILES string of the molecule is CCc1ncc(CN2CCCC(CNC(=O)Cc3sc(C)nc3C)C2)cn1.O=CO. The molecule has 2 aromatic rings. The van der Waals surface area contributed by atoms with Gasteiger partial charge in [-0.05, 0) is 39.2 Å². The van der Waals surface area contributed by atoms with E-state index in [1.807, 2.05) is 26.2 Å². The average Bonchev–Trinajstić information content (AvgIpc) is 3.04. The van der Waals surface area contributed by atoms with Gasteiger partial charge in [-0.1, -0.05) is 6.92 Å². The van der Waals surface area contributed by atoms with E-state index in [1.165, 1.54) is 12.8 Å². The highest BCUT2D eigenvalue weighted by atomic mass is 32.1. The summed E-state index contributed by atoms with van der Waals surface area (Å²) in [5.74, 6) is 1.50. The van der Waals surface area contributed by atoms with Crippen LogP contribution in [0.1, 0.15) is 46.7 Å². The molecule has 164 valence electrons. The number of hydrogen-bond acceptors (Lipinski definition) is 7. The van der Waals surface area contributed by atoms with Crippen molar-refractivity contribution in [3.8, 4) is 0 Å². The van der Waals surface area contributed by atoms with Crippen LogP contribution in [0.25, 0.3) is 0 Å². The van der Waals surface area contributed by atoms with Crippen LogP contribution in [0.15, 0.2) is 12.4 Å². The maximum Gasteiger partial charge on any atom is 0.290 e. The summed E-state index contributed by atoms with van der Waals surface area (Å²) in [7, 11) is 0. The van der Waals surface area contributed by atoms with E-state index in [-0.39, 0.29) is 12.4 Å². The molecule has 1 aliphatic heterocycles. The lowest BCUT2D eigenvalue weighted by Gasteiger charge is -2.32. The number of nitrogens with zero attached hydrogens (tertiary/aromatic N) is 4. The Hall–Kier alpha value is -2.39. The van der Waals surface area contributed by atoms with Crippen LogP contribution in [0.5, 0.6) is 0 Å². The van der Waals surface area contributed by atoms with Crippen molar-refractivity contribution in [3.63, 3.8) is 0 Å². The Morgan fingerprint density at radius 1 is 1.37 bits per heavy atom. The number of nitrogens with one attached hydrogen (secondary N) is 1. The topological polar surface area (TPSA) is 108 Å². The molecule has 1 saturated heterocycles. The van der Waals surface area contributed by atoms with Gasteiger partial charge in [0.1, 0.15) is 5.82 Å². The number of aromatic nitrogens is 3. The van der Waals surface area contributed by atoms with Crippen molar-refractivity contribution in [2.45, 2.75) is 53.0 Å². The van der Waals surface area contributed by atoms with Crippen molar-refractivity contribution < 1.29 is 14.7 Å². The Morgan fingerprint density at radius 2 is 2.07 bits per heavy atom. The number of hydrogen-bond donors (Lipinski definition) is 2. The Labute approximate surface area is 181 Å². The Kier molecular flexibility index (Phi) is 9.82. The van der Waals surface area contributed by atoms with Crippen LogP contribution < -0.4 is 5.32 Å². The Balaban J connectivity index is 0.00000101. The molecule has 2 aromatic heterocycles. The van der Waals surface area contributed by atoms with Gasteiger partial charge in [-0.25, -0.2) is 15.0 Å². The second kappa shape index (κ2) is 12.3. The normalized spacial score (nSPS) is 16.4. The number of amides is 1. The third-order valence-electron chi connectivity index (χ3n) is 4.99. The maximum absolute atomic E-state index is 12.3. The van der Waals surface area contributed by atoms with Gasteiger partial charge >= 0.3 is 0 Å². The highest BCUT2D eigenvalue weighted by Gasteiger charge is 2.21. The number of likely N-dealkylation sites (tertiary alicyclic amines) is 1. The predicted octanol–water partition coefficient (Wildman–Crippen LogP) is 2.38. The number of thiazole rings is 1. The molecule has 0 aliphatic carbocycles. The van der Waals surface area contributed by atoms with E-state index in [0.29, 0.717) is 12.3 Å². The molecule has 3 heterocycles. The van der Waals surface area contributed by atoms with Gasteiger partial charge in [0.15, 0.2) is 0 Å². The highest BCUT2D eigenvalue weighted by molar-refractivity contribution is 7.11. The molecule has 9 heteroatoms. The number of piperidine rings is 1. The Bertz CT molecular complexity index is 809. The molecule has 1 atom stereocenters. The first-order chi connectivity index (χ1) is 14.4. The lowest BCUT2D eigenvalue weighted by molar-refractivity contribution is -0.123. The highest BCUT2D eigenvalue weighted by Crippen LogP contribution is 2.19. The van der Waals surface area contributed by atoms with Gasteiger partial charge in [-0.3, -0.25) is 14.5 Å². The van der Waals surface area contributed by atoms with Crippen LogP contribution in [-0.2, 0) is 29.0 Å². The van der Waals surface area contributed by atoms with Crippen LogP contribution in [-0.4, -0.2) is 57.0 Å². The summed E-state index contributed by atoms with van der Waals surface area (Å²) in [4.78, 5) is 37.3. The second-order valence-electron chi connectivity index (χ2n) is 7.43. The van der Waals surface area contributed by atoms with Crippen molar-refractivity contribution in [2.24, 2.45) is 5.92 Å². The fourth-order valence-corrected chi connectivity index (χ4v) is 4.51. The number of carboxylic acid groups (broad SMARTS) is 1. The van der Waals surface area contributed by atoms with E-state index >= 15 is 0 Å². The predicted molar refractivity (Wildman–Crippen MR) is 116 cm³/mol. The Morgan fingerprint density at radius 3 is 2.67 bits per heavy atom. The minimum Gasteiger partial charge on any atom is -0.483 e. The molecule has 8 nitrogen and oxygen atoms in total. The van der Waals surface area contributed by atoms with E-state index in [2.05, 4.69) is 32.1 Å². The second-order valence-corrected chi connectivity index (χ2v) is 8.72. The maximum atomic E-state index is 12.3. The largest absolute Gasteiger partial charge is 0.483 e. The summed E-state index contributed by atoms with van der Waals surface area (Å²) in [6.07, 6.45) is 7.52. The molecule has 0 saturated carbocycles. The summed E-state index contributed by atoms with van der Waals surface area (Å²) in [6, 6.07) is 0. The van der Waals surface area contributed by atoms with E-state index in [4.69, 9.17) is 9.90 Å². The molecule has 1 aliphatic rings. The molecule has 0 spiro atoms. The van der Waals surface area contributed by atoms with Crippen molar-refractivity contribution in [2.75, 3.05) is 19.6 Å². The molecular weight excluding hydrogens is 402 g/mol. The van der Waals surface area contributed by atoms with E-state index < -0.39 is 0 Å². The molecule has 1 amide bonds. The van der Waals surface area contributed by atoms with Gasteiger partial charge in [0.05, 0.1) is 17.1 Å². The van der Waals surface area contributed by atoms with Gasteiger partial charge in [-0.2, -0.15) is 0 Å². The van der Waals surface area contributed by atoms with E-state index in [0.717, 1.165) is 59.6 Å². The molecule has 1 unspecified atom stereocenters.